The van der Waals surface area contributed by atoms with Gasteiger partial charge in [-0.15, -0.1) is 0 Å². The van der Waals surface area contributed by atoms with Crippen molar-refractivity contribution in [1.29, 1.82) is 0 Å². The number of hydrogen-bond acceptors (Lipinski definition) is 7. The Morgan fingerprint density at radius 2 is 1.85 bits per heavy atom. The molecule has 0 spiro atoms. The van der Waals surface area contributed by atoms with Gasteiger partial charge in [0.2, 0.25) is 5.75 Å². The SMILES string of the molecule is CC(C)=NOc1nc(C(F)(F)F)cc(=O)n1-c1cc(Oc2ccccc2[N+](=O)[O-])c(Cl)cc1F. The fraction of sp³-hybridized carbons (Fsp3) is 0.150. The van der Waals surface area contributed by atoms with Crippen molar-refractivity contribution in [2.24, 2.45) is 5.16 Å². The molecule has 0 N–H and O–H groups in total. The van der Waals surface area contributed by atoms with Crippen molar-refractivity contribution < 1.29 is 32.1 Å². The van der Waals surface area contributed by atoms with Crippen molar-refractivity contribution in [2.75, 3.05) is 0 Å². The Balaban J connectivity index is 2.21. The molecule has 9 nitrogen and oxygen atoms in total. The van der Waals surface area contributed by atoms with Crippen LogP contribution in [-0.4, -0.2) is 20.2 Å². The molecular formula is C20H13ClF4N4O5. The second-order valence-electron chi connectivity index (χ2n) is 6.79. The average molecular weight is 501 g/mol. The number of nitro benzene ring substituents is 1. The Bertz CT molecular complexity index is 1350. The zero-order chi connectivity index (χ0) is 25.2. The molecule has 0 radical (unpaired) electrons. The van der Waals surface area contributed by atoms with Crippen LogP contribution in [0.1, 0.15) is 19.5 Å². The molecule has 14 heteroatoms. The van der Waals surface area contributed by atoms with Crippen LogP contribution < -0.4 is 15.1 Å². The minimum atomic E-state index is -5.00. The summed E-state index contributed by atoms with van der Waals surface area (Å²) >= 11 is 6.00. The predicted molar refractivity (Wildman–Crippen MR) is 112 cm³/mol. The van der Waals surface area contributed by atoms with Crippen molar-refractivity contribution >= 4 is 23.0 Å². The van der Waals surface area contributed by atoms with E-state index in [0.717, 1.165) is 12.1 Å². The summed E-state index contributed by atoms with van der Waals surface area (Å²) in [5.74, 6) is -1.74. The Morgan fingerprint density at radius 1 is 1.18 bits per heavy atom. The van der Waals surface area contributed by atoms with Crippen molar-refractivity contribution in [3.63, 3.8) is 0 Å². The number of rotatable bonds is 6. The van der Waals surface area contributed by atoms with Gasteiger partial charge in [0.05, 0.1) is 21.3 Å². The number of aromatic nitrogens is 2. The van der Waals surface area contributed by atoms with Crippen LogP contribution >= 0.6 is 11.6 Å². The highest BCUT2D eigenvalue weighted by atomic mass is 35.5. The molecule has 0 aliphatic carbocycles. The van der Waals surface area contributed by atoms with Crippen LogP contribution in [-0.2, 0) is 6.18 Å². The smallest absolute Gasteiger partial charge is 0.433 e. The maximum Gasteiger partial charge on any atom is 0.433 e. The molecule has 0 unspecified atom stereocenters. The van der Waals surface area contributed by atoms with Crippen molar-refractivity contribution in [1.82, 2.24) is 9.55 Å². The molecular weight excluding hydrogens is 488 g/mol. The second kappa shape index (κ2) is 9.47. The molecule has 0 aliphatic rings. The third-order valence-electron chi connectivity index (χ3n) is 4.01. The van der Waals surface area contributed by atoms with Gasteiger partial charge in [0.1, 0.15) is 11.6 Å². The number of ether oxygens (including phenoxy) is 1. The minimum absolute atomic E-state index is 0.145. The van der Waals surface area contributed by atoms with Crippen LogP contribution in [0.4, 0.5) is 23.2 Å². The third-order valence-corrected chi connectivity index (χ3v) is 4.31. The first-order valence-corrected chi connectivity index (χ1v) is 9.56. The number of hydrogen-bond donors (Lipinski definition) is 0. The summed E-state index contributed by atoms with van der Waals surface area (Å²) in [5, 5.41) is 14.4. The molecule has 0 amide bonds. The van der Waals surface area contributed by atoms with Crippen LogP contribution in [0, 0.1) is 15.9 Å². The molecule has 0 aliphatic heterocycles. The van der Waals surface area contributed by atoms with E-state index in [1.807, 2.05) is 0 Å². The lowest BCUT2D eigenvalue weighted by Crippen LogP contribution is -2.25. The summed E-state index contributed by atoms with van der Waals surface area (Å²) < 4.78 is 60.1. The molecule has 0 saturated carbocycles. The summed E-state index contributed by atoms with van der Waals surface area (Å²) in [4.78, 5) is 31.2. The van der Waals surface area contributed by atoms with Gasteiger partial charge in [-0.1, -0.05) is 28.9 Å². The quantitative estimate of drug-likeness (QED) is 0.191. The molecule has 3 aromatic rings. The fourth-order valence-corrected chi connectivity index (χ4v) is 2.79. The van der Waals surface area contributed by atoms with Gasteiger partial charge in [-0.05, 0) is 26.0 Å². The first kappa shape index (κ1) is 24.6. The van der Waals surface area contributed by atoms with Crippen LogP contribution in [0.3, 0.4) is 0 Å². The fourth-order valence-electron chi connectivity index (χ4n) is 2.60. The highest BCUT2D eigenvalue weighted by Gasteiger charge is 2.35. The molecule has 2 aromatic carbocycles. The summed E-state index contributed by atoms with van der Waals surface area (Å²) in [5.41, 5.74) is -3.76. The molecule has 34 heavy (non-hydrogen) atoms. The lowest BCUT2D eigenvalue weighted by Gasteiger charge is -2.15. The van der Waals surface area contributed by atoms with Crippen LogP contribution in [0.5, 0.6) is 17.5 Å². The monoisotopic (exact) mass is 500 g/mol. The van der Waals surface area contributed by atoms with Gasteiger partial charge in [0.15, 0.2) is 5.69 Å². The predicted octanol–water partition coefficient (Wildman–Crippen LogP) is 5.52. The maximum absolute atomic E-state index is 14.8. The number of alkyl halides is 3. The lowest BCUT2D eigenvalue weighted by molar-refractivity contribution is -0.385. The first-order chi connectivity index (χ1) is 15.9. The van der Waals surface area contributed by atoms with Gasteiger partial charge in [-0.2, -0.15) is 18.2 Å². The Morgan fingerprint density at radius 3 is 2.47 bits per heavy atom. The zero-order valence-electron chi connectivity index (χ0n) is 17.3. The normalized spacial score (nSPS) is 11.1. The van der Waals surface area contributed by atoms with Gasteiger partial charge in [0.25, 0.3) is 5.56 Å². The number of para-hydroxylation sites is 2. The summed E-state index contributed by atoms with van der Waals surface area (Å²) in [7, 11) is 0. The summed E-state index contributed by atoms with van der Waals surface area (Å²) in [6.45, 7) is 2.91. The van der Waals surface area contributed by atoms with Crippen LogP contribution in [0.25, 0.3) is 5.69 Å². The topological polar surface area (TPSA) is 109 Å². The minimum Gasteiger partial charge on any atom is -0.448 e. The van der Waals surface area contributed by atoms with Gasteiger partial charge in [0, 0.05) is 18.2 Å². The Kier molecular flexibility index (Phi) is 6.86. The van der Waals surface area contributed by atoms with Crippen molar-refractivity contribution in [2.45, 2.75) is 20.0 Å². The molecule has 3 rings (SSSR count). The molecule has 0 bridgehead atoms. The third kappa shape index (κ3) is 5.31. The number of halogens is 5. The van der Waals surface area contributed by atoms with E-state index in [9.17, 15) is 32.5 Å². The number of nitro groups is 1. The second-order valence-corrected chi connectivity index (χ2v) is 7.19. The van der Waals surface area contributed by atoms with E-state index in [1.165, 1.54) is 32.0 Å². The molecule has 1 heterocycles. The van der Waals surface area contributed by atoms with E-state index in [4.69, 9.17) is 21.2 Å². The Labute approximate surface area is 193 Å². The zero-order valence-corrected chi connectivity index (χ0v) is 18.0. The van der Waals surface area contributed by atoms with E-state index >= 15 is 0 Å². The number of oxime groups is 1. The standard InChI is InChI=1S/C20H13ClF4N4O5/c1-10(2)27-34-19-26-17(20(23,24)25)9-18(30)28(19)14-8-16(11(21)7-12(14)22)33-15-6-4-3-5-13(15)29(31)32/h3-9H,1-2H3. The molecule has 0 fully saturated rings. The van der Waals surface area contributed by atoms with E-state index in [-0.39, 0.29) is 28.3 Å². The maximum atomic E-state index is 14.8. The number of benzene rings is 2. The van der Waals surface area contributed by atoms with Crippen molar-refractivity contribution in [3.05, 3.63) is 79.5 Å². The lowest BCUT2D eigenvalue weighted by atomic mass is 10.2. The van der Waals surface area contributed by atoms with Gasteiger partial charge >= 0.3 is 17.9 Å². The first-order valence-electron chi connectivity index (χ1n) is 9.18. The molecule has 1 aromatic heterocycles. The highest BCUT2D eigenvalue weighted by molar-refractivity contribution is 6.32. The Hall–Kier alpha value is -4.00. The largest absolute Gasteiger partial charge is 0.448 e. The van der Waals surface area contributed by atoms with Gasteiger partial charge in [-0.3, -0.25) is 14.9 Å². The van der Waals surface area contributed by atoms with E-state index in [2.05, 4.69) is 10.1 Å². The van der Waals surface area contributed by atoms with Crippen LogP contribution in [0.2, 0.25) is 5.02 Å². The average Bonchev–Trinajstić information content (AvgIpc) is 2.74. The van der Waals surface area contributed by atoms with Gasteiger partial charge < -0.3 is 9.57 Å². The number of nitrogens with zero attached hydrogens (tertiary/aromatic N) is 4. The summed E-state index contributed by atoms with van der Waals surface area (Å²) in [6.07, 6.45) is -5.00. The van der Waals surface area contributed by atoms with E-state index in [0.29, 0.717) is 10.6 Å². The molecule has 0 atom stereocenters. The van der Waals surface area contributed by atoms with Gasteiger partial charge in [-0.25, -0.2) is 8.96 Å². The van der Waals surface area contributed by atoms with Crippen molar-refractivity contribution in [3.8, 4) is 23.2 Å². The highest BCUT2D eigenvalue weighted by Crippen LogP contribution is 2.37. The van der Waals surface area contributed by atoms with Crippen LogP contribution in [0.15, 0.2) is 52.4 Å². The summed E-state index contributed by atoms with van der Waals surface area (Å²) in [6, 6.07) is 5.94. The molecule has 178 valence electrons. The molecule has 0 saturated heterocycles. The van der Waals surface area contributed by atoms with E-state index in [1.54, 1.807) is 0 Å². The van der Waals surface area contributed by atoms with E-state index < -0.39 is 45.6 Å².